The Balaban J connectivity index is 2.44. The smallest absolute Gasteiger partial charge is 0.222 e. The maximum Gasteiger partial charge on any atom is 0.222 e. The number of carbonyl (C=O) groups is 1. The molecule has 0 aromatic rings. The van der Waals surface area contributed by atoms with Crippen LogP contribution in [0.2, 0.25) is 0 Å². The number of nitrogens with zero attached hydrogens (tertiary/aromatic N) is 1. The second-order valence-electron chi connectivity index (χ2n) is 2.83. The maximum atomic E-state index is 11.2. The van der Waals surface area contributed by atoms with Crippen molar-refractivity contribution in [1.82, 2.24) is 4.90 Å². The van der Waals surface area contributed by atoms with E-state index in [0.29, 0.717) is 6.42 Å². The van der Waals surface area contributed by atoms with Crippen molar-refractivity contribution in [3.8, 4) is 0 Å². The van der Waals surface area contributed by atoms with Crippen molar-refractivity contribution in [2.24, 2.45) is 0 Å². The summed E-state index contributed by atoms with van der Waals surface area (Å²) in [7, 11) is 1.70. The topological polar surface area (TPSA) is 29.5 Å². The summed E-state index contributed by atoms with van der Waals surface area (Å²) in [4.78, 5) is 13.0. The number of hydrogen-bond donors (Lipinski definition) is 0. The van der Waals surface area contributed by atoms with Crippen molar-refractivity contribution in [3.05, 3.63) is 0 Å². The van der Waals surface area contributed by atoms with E-state index < -0.39 is 0 Å². The van der Waals surface area contributed by atoms with Gasteiger partial charge in [-0.1, -0.05) is 0 Å². The van der Waals surface area contributed by atoms with Crippen molar-refractivity contribution in [2.75, 3.05) is 20.2 Å². The summed E-state index contributed by atoms with van der Waals surface area (Å²) in [5.41, 5.74) is 0. The van der Waals surface area contributed by atoms with Gasteiger partial charge < -0.3 is 9.64 Å². The number of likely N-dealkylation sites (N-methyl/N-ethyl adjacent to an activating group) is 1. The summed E-state index contributed by atoms with van der Waals surface area (Å²) in [5, 5.41) is 0. The molecule has 0 aromatic heterocycles. The van der Waals surface area contributed by atoms with Gasteiger partial charge in [-0.3, -0.25) is 4.79 Å². The van der Waals surface area contributed by atoms with Crippen molar-refractivity contribution < 1.29 is 9.53 Å². The molecule has 0 unspecified atom stereocenters. The minimum absolute atomic E-state index is 0.257. The van der Waals surface area contributed by atoms with Crippen LogP contribution in [0.3, 0.4) is 0 Å². The number of amides is 1. The molecule has 0 bridgehead atoms. The first kappa shape index (κ1) is 8.53. The molecule has 1 saturated heterocycles. The third-order valence-corrected chi connectivity index (χ3v) is 2.17. The highest BCUT2D eigenvalue weighted by molar-refractivity contribution is 5.76. The van der Waals surface area contributed by atoms with Crippen molar-refractivity contribution in [1.29, 1.82) is 0 Å². The highest BCUT2D eigenvalue weighted by atomic mass is 16.5. The molecule has 3 nitrogen and oxygen atoms in total. The first-order valence-electron chi connectivity index (χ1n) is 4.08. The van der Waals surface area contributed by atoms with Gasteiger partial charge in [-0.15, -0.1) is 0 Å². The summed E-state index contributed by atoms with van der Waals surface area (Å²) in [6.45, 7) is 3.57. The Morgan fingerprint density at radius 2 is 2.45 bits per heavy atom. The monoisotopic (exact) mass is 157 g/mol. The van der Waals surface area contributed by atoms with E-state index in [0.717, 1.165) is 19.5 Å². The Morgan fingerprint density at radius 3 is 3.00 bits per heavy atom. The quantitative estimate of drug-likeness (QED) is 0.589. The van der Waals surface area contributed by atoms with Gasteiger partial charge in [0.15, 0.2) is 0 Å². The van der Waals surface area contributed by atoms with Gasteiger partial charge in [0.2, 0.25) is 5.91 Å². The van der Waals surface area contributed by atoms with Crippen LogP contribution in [0.1, 0.15) is 19.8 Å². The predicted molar refractivity (Wildman–Crippen MR) is 42.3 cm³/mol. The Bertz CT molecular complexity index is 147. The van der Waals surface area contributed by atoms with Gasteiger partial charge in [-0.05, 0) is 13.3 Å². The number of hydrogen-bond acceptors (Lipinski definition) is 2. The SMILES string of the molecule is CCN1C[C@H](OC)CCC1=O. The molecular formula is C8H15NO2. The van der Waals surface area contributed by atoms with Crippen LogP contribution >= 0.6 is 0 Å². The predicted octanol–water partition coefficient (Wildman–Crippen LogP) is 0.644. The third kappa shape index (κ3) is 1.93. The minimum Gasteiger partial charge on any atom is -0.380 e. The Hall–Kier alpha value is -0.570. The number of ether oxygens (including phenoxy) is 1. The minimum atomic E-state index is 0.257. The number of likely N-dealkylation sites (tertiary alicyclic amines) is 1. The molecule has 0 aliphatic carbocycles. The average molecular weight is 157 g/mol. The van der Waals surface area contributed by atoms with Crippen molar-refractivity contribution in [2.45, 2.75) is 25.9 Å². The van der Waals surface area contributed by atoms with Gasteiger partial charge in [0.25, 0.3) is 0 Å². The lowest BCUT2D eigenvalue weighted by atomic mass is 10.1. The normalized spacial score (nSPS) is 25.8. The molecule has 64 valence electrons. The Labute approximate surface area is 67.3 Å². The molecule has 0 N–H and O–H groups in total. The van der Waals surface area contributed by atoms with Crippen LogP contribution in [-0.2, 0) is 9.53 Å². The summed E-state index contributed by atoms with van der Waals surface area (Å²) < 4.78 is 5.18. The van der Waals surface area contributed by atoms with Crippen LogP contribution in [0.25, 0.3) is 0 Å². The maximum absolute atomic E-state index is 11.2. The molecule has 1 aliphatic heterocycles. The number of rotatable bonds is 2. The van der Waals surface area contributed by atoms with E-state index in [1.165, 1.54) is 0 Å². The van der Waals surface area contributed by atoms with E-state index in [9.17, 15) is 4.79 Å². The fourth-order valence-corrected chi connectivity index (χ4v) is 1.38. The summed E-state index contributed by atoms with van der Waals surface area (Å²) in [6.07, 6.45) is 1.78. The first-order valence-corrected chi connectivity index (χ1v) is 4.08. The van der Waals surface area contributed by atoms with E-state index in [2.05, 4.69) is 0 Å². The van der Waals surface area contributed by atoms with Crippen LogP contribution in [-0.4, -0.2) is 37.1 Å². The molecule has 0 spiro atoms. The number of piperidine rings is 1. The molecular weight excluding hydrogens is 142 g/mol. The highest BCUT2D eigenvalue weighted by Crippen LogP contribution is 2.12. The van der Waals surface area contributed by atoms with E-state index >= 15 is 0 Å². The number of methoxy groups -OCH3 is 1. The zero-order chi connectivity index (χ0) is 8.27. The lowest BCUT2D eigenvalue weighted by Gasteiger charge is -2.30. The van der Waals surface area contributed by atoms with Gasteiger partial charge in [0.05, 0.1) is 6.10 Å². The number of carbonyl (C=O) groups excluding carboxylic acids is 1. The van der Waals surface area contributed by atoms with Gasteiger partial charge >= 0.3 is 0 Å². The largest absolute Gasteiger partial charge is 0.380 e. The van der Waals surface area contributed by atoms with Crippen molar-refractivity contribution in [3.63, 3.8) is 0 Å². The second kappa shape index (κ2) is 3.72. The van der Waals surface area contributed by atoms with Gasteiger partial charge in [0.1, 0.15) is 0 Å². The third-order valence-electron chi connectivity index (χ3n) is 2.17. The molecule has 0 saturated carbocycles. The molecule has 1 atom stereocenters. The van der Waals surface area contributed by atoms with E-state index in [4.69, 9.17) is 4.74 Å². The highest BCUT2D eigenvalue weighted by Gasteiger charge is 2.23. The van der Waals surface area contributed by atoms with Gasteiger partial charge in [0, 0.05) is 26.6 Å². The molecule has 1 rings (SSSR count). The molecule has 1 heterocycles. The summed E-state index contributed by atoms with van der Waals surface area (Å²) in [5.74, 6) is 0.265. The zero-order valence-electron chi connectivity index (χ0n) is 7.17. The Kier molecular flexibility index (Phi) is 2.88. The van der Waals surface area contributed by atoms with Crippen LogP contribution < -0.4 is 0 Å². The lowest BCUT2D eigenvalue weighted by Crippen LogP contribution is -2.42. The summed E-state index contributed by atoms with van der Waals surface area (Å²) >= 11 is 0. The van der Waals surface area contributed by atoms with Crippen LogP contribution in [0.4, 0.5) is 0 Å². The fourth-order valence-electron chi connectivity index (χ4n) is 1.38. The Morgan fingerprint density at radius 1 is 1.73 bits per heavy atom. The van der Waals surface area contributed by atoms with Gasteiger partial charge in [-0.25, -0.2) is 0 Å². The van der Waals surface area contributed by atoms with E-state index in [1.54, 1.807) is 7.11 Å². The zero-order valence-corrected chi connectivity index (χ0v) is 7.17. The van der Waals surface area contributed by atoms with Crippen molar-refractivity contribution >= 4 is 5.91 Å². The molecule has 1 amide bonds. The molecule has 0 radical (unpaired) electrons. The average Bonchev–Trinajstić information content (AvgIpc) is 2.05. The van der Waals surface area contributed by atoms with Crippen LogP contribution in [0.15, 0.2) is 0 Å². The standard InChI is InChI=1S/C8H15NO2/c1-3-9-6-7(11-2)4-5-8(9)10/h7H,3-6H2,1-2H3/t7-/m1/s1. The molecule has 1 aliphatic rings. The first-order chi connectivity index (χ1) is 5.27. The molecule has 0 aromatic carbocycles. The summed E-state index contributed by atoms with van der Waals surface area (Å²) in [6, 6.07) is 0. The fraction of sp³-hybridized carbons (Fsp3) is 0.875. The van der Waals surface area contributed by atoms with Crippen LogP contribution in [0.5, 0.6) is 0 Å². The molecule has 1 fully saturated rings. The molecule has 3 heteroatoms. The van der Waals surface area contributed by atoms with E-state index in [1.807, 2.05) is 11.8 Å². The second-order valence-corrected chi connectivity index (χ2v) is 2.83. The lowest BCUT2D eigenvalue weighted by molar-refractivity contribution is -0.137. The molecule has 11 heavy (non-hydrogen) atoms. The van der Waals surface area contributed by atoms with E-state index in [-0.39, 0.29) is 12.0 Å². The van der Waals surface area contributed by atoms with Crippen LogP contribution in [0, 0.1) is 0 Å². The van der Waals surface area contributed by atoms with Gasteiger partial charge in [-0.2, -0.15) is 0 Å².